The zero-order valence-corrected chi connectivity index (χ0v) is 10.2. The van der Waals surface area contributed by atoms with Gasteiger partial charge in [-0.1, -0.05) is 24.3 Å². The number of allylic oxidation sites excluding steroid dienone is 1. The Morgan fingerprint density at radius 2 is 2.00 bits per heavy atom. The van der Waals surface area contributed by atoms with Gasteiger partial charge in [-0.25, -0.2) is 4.79 Å². The molecule has 0 fully saturated rings. The number of methoxy groups -OCH3 is 1. The molecule has 0 amide bonds. The van der Waals surface area contributed by atoms with Crippen LogP contribution in [-0.2, 0) is 16.0 Å². The van der Waals surface area contributed by atoms with Crippen LogP contribution in [0.5, 0.6) is 0 Å². The Hall–Kier alpha value is -2.29. The molecule has 1 aromatic carbocycles. The highest BCUT2D eigenvalue weighted by Gasteiger charge is 2.01. The van der Waals surface area contributed by atoms with E-state index in [1.807, 2.05) is 48.7 Å². The molecule has 2 rings (SSSR count). The molecule has 0 unspecified atom stereocenters. The molecule has 0 N–H and O–H groups in total. The summed E-state index contributed by atoms with van der Waals surface area (Å²) < 4.78 is 6.65. The molecule has 92 valence electrons. The first-order valence-corrected chi connectivity index (χ1v) is 5.77. The molecule has 0 aliphatic heterocycles. The number of carbonyl (C=O) groups excluding carboxylic acids is 1. The summed E-state index contributed by atoms with van der Waals surface area (Å²) in [6.45, 7) is 0. The van der Waals surface area contributed by atoms with Crippen molar-refractivity contribution in [1.29, 1.82) is 0 Å². The highest BCUT2D eigenvalue weighted by molar-refractivity contribution is 5.81. The minimum absolute atomic E-state index is 0.326. The molecule has 0 spiro atoms. The summed E-state index contributed by atoms with van der Waals surface area (Å²) in [6.07, 6.45) is 5.95. The Morgan fingerprint density at radius 3 is 2.72 bits per heavy atom. The van der Waals surface area contributed by atoms with Crippen molar-refractivity contribution in [2.45, 2.75) is 6.42 Å². The van der Waals surface area contributed by atoms with Crippen molar-refractivity contribution < 1.29 is 9.53 Å². The molecule has 18 heavy (non-hydrogen) atoms. The van der Waals surface area contributed by atoms with Gasteiger partial charge in [0, 0.05) is 30.1 Å². The average Bonchev–Trinajstić information content (AvgIpc) is 2.88. The number of hydrogen-bond acceptors (Lipinski definition) is 2. The minimum atomic E-state index is -0.326. The number of esters is 1. The van der Waals surface area contributed by atoms with E-state index in [0.29, 0.717) is 6.42 Å². The first-order chi connectivity index (χ1) is 8.81. The van der Waals surface area contributed by atoms with Crippen LogP contribution in [0.25, 0.3) is 5.69 Å². The van der Waals surface area contributed by atoms with Crippen molar-refractivity contribution in [2.24, 2.45) is 0 Å². The normalized spacial score (nSPS) is 10.7. The molecule has 0 atom stereocenters. The van der Waals surface area contributed by atoms with Crippen molar-refractivity contribution in [3.05, 3.63) is 66.5 Å². The van der Waals surface area contributed by atoms with E-state index in [0.717, 1.165) is 11.4 Å². The van der Waals surface area contributed by atoms with Gasteiger partial charge >= 0.3 is 5.97 Å². The van der Waals surface area contributed by atoms with Crippen LogP contribution in [-0.4, -0.2) is 17.6 Å². The summed E-state index contributed by atoms with van der Waals surface area (Å²) in [6, 6.07) is 14.1. The molecule has 2 aromatic rings. The maximum Gasteiger partial charge on any atom is 0.330 e. The lowest BCUT2D eigenvalue weighted by Gasteiger charge is -2.07. The lowest BCUT2D eigenvalue weighted by molar-refractivity contribution is -0.134. The van der Waals surface area contributed by atoms with Crippen molar-refractivity contribution in [2.75, 3.05) is 7.11 Å². The molecule has 0 saturated carbocycles. The molecular formula is C15H15NO2. The molecule has 0 aliphatic rings. The Bertz CT molecular complexity index is 541. The van der Waals surface area contributed by atoms with E-state index in [2.05, 4.69) is 9.30 Å². The van der Waals surface area contributed by atoms with E-state index >= 15 is 0 Å². The molecule has 3 heteroatoms. The number of hydrogen-bond donors (Lipinski definition) is 0. The Labute approximate surface area is 106 Å². The zero-order valence-electron chi connectivity index (χ0n) is 10.2. The van der Waals surface area contributed by atoms with Crippen LogP contribution in [0.3, 0.4) is 0 Å². The molecule has 0 saturated heterocycles. The average molecular weight is 241 g/mol. The highest BCUT2D eigenvalue weighted by atomic mass is 16.5. The predicted octanol–water partition coefficient (Wildman–Crippen LogP) is 2.75. The smallest absolute Gasteiger partial charge is 0.330 e. The van der Waals surface area contributed by atoms with Gasteiger partial charge in [-0.15, -0.1) is 0 Å². The molecular weight excluding hydrogens is 226 g/mol. The standard InChI is InChI=1S/C15H15NO2/c1-18-15(17)11-5-9-14-10-6-12-16(14)13-7-3-2-4-8-13/h2-8,10-12H,9H2,1H3/b11-5+. The van der Waals surface area contributed by atoms with E-state index in [4.69, 9.17) is 0 Å². The van der Waals surface area contributed by atoms with Crippen LogP contribution >= 0.6 is 0 Å². The van der Waals surface area contributed by atoms with Gasteiger partial charge in [-0.05, 0) is 24.3 Å². The summed E-state index contributed by atoms with van der Waals surface area (Å²) in [5, 5.41) is 0. The van der Waals surface area contributed by atoms with E-state index in [1.54, 1.807) is 6.08 Å². The van der Waals surface area contributed by atoms with Gasteiger partial charge in [0.2, 0.25) is 0 Å². The second-order valence-corrected chi connectivity index (χ2v) is 3.83. The molecule has 1 heterocycles. The predicted molar refractivity (Wildman–Crippen MR) is 70.6 cm³/mol. The quantitative estimate of drug-likeness (QED) is 0.609. The third-order valence-corrected chi connectivity index (χ3v) is 2.65. The number of benzene rings is 1. The van der Waals surface area contributed by atoms with Crippen LogP contribution in [0.2, 0.25) is 0 Å². The summed E-state index contributed by atoms with van der Waals surface area (Å²) >= 11 is 0. The number of para-hydroxylation sites is 1. The van der Waals surface area contributed by atoms with Crippen molar-refractivity contribution >= 4 is 5.97 Å². The Morgan fingerprint density at radius 1 is 1.22 bits per heavy atom. The maximum absolute atomic E-state index is 11.0. The number of rotatable bonds is 4. The zero-order chi connectivity index (χ0) is 12.8. The van der Waals surface area contributed by atoms with Crippen LogP contribution in [0.15, 0.2) is 60.8 Å². The van der Waals surface area contributed by atoms with Crippen molar-refractivity contribution in [3.63, 3.8) is 0 Å². The lowest BCUT2D eigenvalue weighted by Crippen LogP contribution is -1.98. The van der Waals surface area contributed by atoms with E-state index in [-0.39, 0.29) is 5.97 Å². The molecule has 0 aliphatic carbocycles. The first kappa shape index (κ1) is 12.2. The van der Waals surface area contributed by atoms with Crippen LogP contribution in [0.4, 0.5) is 0 Å². The van der Waals surface area contributed by atoms with Gasteiger partial charge in [0.05, 0.1) is 7.11 Å². The molecule has 1 aromatic heterocycles. The van der Waals surface area contributed by atoms with Gasteiger partial charge in [-0.3, -0.25) is 0 Å². The van der Waals surface area contributed by atoms with Gasteiger partial charge < -0.3 is 9.30 Å². The fourth-order valence-electron chi connectivity index (χ4n) is 1.77. The number of aromatic nitrogens is 1. The molecule has 0 radical (unpaired) electrons. The monoisotopic (exact) mass is 241 g/mol. The highest BCUT2D eigenvalue weighted by Crippen LogP contribution is 2.13. The number of carbonyl (C=O) groups is 1. The number of ether oxygens (including phenoxy) is 1. The van der Waals surface area contributed by atoms with E-state index in [9.17, 15) is 4.79 Å². The van der Waals surface area contributed by atoms with Crippen molar-refractivity contribution in [3.8, 4) is 5.69 Å². The van der Waals surface area contributed by atoms with Crippen LogP contribution in [0.1, 0.15) is 5.69 Å². The van der Waals surface area contributed by atoms with Gasteiger partial charge in [-0.2, -0.15) is 0 Å². The fourth-order valence-corrected chi connectivity index (χ4v) is 1.77. The molecule has 0 bridgehead atoms. The van der Waals surface area contributed by atoms with Crippen LogP contribution < -0.4 is 0 Å². The van der Waals surface area contributed by atoms with Crippen molar-refractivity contribution in [1.82, 2.24) is 4.57 Å². The van der Waals surface area contributed by atoms with Gasteiger partial charge in [0.25, 0.3) is 0 Å². The second-order valence-electron chi connectivity index (χ2n) is 3.83. The Balaban J connectivity index is 2.14. The third-order valence-electron chi connectivity index (χ3n) is 2.65. The topological polar surface area (TPSA) is 31.2 Å². The third kappa shape index (κ3) is 2.88. The Kier molecular flexibility index (Phi) is 3.97. The lowest BCUT2D eigenvalue weighted by atomic mass is 10.2. The second kappa shape index (κ2) is 5.87. The van der Waals surface area contributed by atoms with Crippen LogP contribution in [0, 0.1) is 0 Å². The largest absolute Gasteiger partial charge is 0.466 e. The summed E-state index contributed by atoms with van der Waals surface area (Å²) in [4.78, 5) is 11.0. The maximum atomic E-state index is 11.0. The number of nitrogens with zero attached hydrogens (tertiary/aromatic N) is 1. The summed E-state index contributed by atoms with van der Waals surface area (Å²) in [5.41, 5.74) is 2.24. The SMILES string of the molecule is COC(=O)/C=C/Cc1cccn1-c1ccccc1. The van der Waals surface area contributed by atoms with E-state index in [1.165, 1.54) is 13.2 Å². The summed E-state index contributed by atoms with van der Waals surface area (Å²) in [5.74, 6) is -0.326. The van der Waals surface area contributed by atoms with E-state index < -0.39 is 0 Å². The minimum Gasteiger partial charge on any atom is -0.466 e. The summed E-state index contributed by atoms with van der Waals surface area (Å²) in [7, 11) is 1.37. The van der Waals surface area contributed by atoms with Gasteiger partial charge in [0.15, 0.2) is 0 Å². The fraction of sp³-hybridized carbons (Fsp3) is 0.133. The molecule has 3 nitrogen and oxygen atoms in total. The first-order valence-electron chi connectivity index (χ1n) is 5.77. The van der Waals surface area contributed by atoms with Gasteiger partial charge in [0.1, 0.15) is 0 Å².